The summed E-state index contributed by atoms with van der Waals surface area (Å²) in [7, 11) is 0. The van der Waals surface area contributed by atoms with Gasteiger partial charge in [0.2, 0.25) is 0 Å². The molecule has 1 aliphatic rings. The molecule has 0 atom stereocenters. The van der Waals surface area contributed by atoms with Crippen molar-refractivity contribution in [3.05, 3.63) is 40.7 Å². The Morgan fingerprint density at radius 3 is 2.43 bits per heavy atom. The number of rotatable bonds is 3. The predicted octanol–water partition coefficient (Wildman–Crippen LogP) is 4.87. The summed E-state index contributed by atoms with van der Waals surface area (Å²) in [5.74, 6) is 2.65. The van der Waals surface area contributed by atoms with Crippen LogP contribution in [-0.2, 0) is 0 Å². The average Bonchev–Trinajstić information content (AvgIpc) is 2.79. The third-order valence-corrected chi connectivity index (χ3v) is 4.44. The van der Waals surface area contributed by atoms with Crippen LogP contribution >= 0.6 is 11.6 Å². The molecule has 1 aromatic heterocycles. The zero-order valence-electron chi connectivity index (χ0n) is 13.8. The van der Waals surface area contributed by atoms with E-state index in [1.165, 1.54) is 25.7 Å². The van der Waals surface area contributed by atoms with Gasteiger partial charge in [-0.15, -0.1) is 0 Å². The second kappa shape index (κ2) is 7.18. The molecule has 1 N–H and O–H groups in total. The molecule has 0 saturated carbocycles. The highest BCUT2D eigenvalue weighted by Gasteiger charge is 2.13. The summed E-state index contributed by atoms with van der Waals surface area (Å²) in [5.41, 5.74) is 2.12. The van der Waals surface area contributed by atoms with Gasteiger partial charge in [0, 0.05) is 29.9 Å². The van der Waals surface area contributed by atoms with E-state index >= 15 is 0 Å². The number of halogens is 1. The minimum Gasteiger partial charge on any atom is -0.356 e. The zero-order valence-corrected chi connectivity index (χ0v) is 14.5. The number of benzene rings is 1. The minimum atomic E-state index is 0.747. The fourth-order valence-electron chi connectivity index (χ4n) is 2.98. The topological polar surface area (TPSA) is 41.1 Å². The van der Waals surface area contributed by atoms with Crippen molar-refractivity contribution in [3.8, 4) is 0 Å². The van der Waals surface area contributed by atoms with E-state index < -0.39 is 0 Å². The number of aryl methyl sites for hydroxylation is 2. The molecule has 0 unspecified atom stereocenters. The molecule has 4 nitrogen and oxygen atoms in total. The van der Waals surface area contributed by atoms with Crippen LogP contribution in [0.5, 0.6) is 0 Å². The Balaban J connectivity index is 1.84. The molecule has 1 aromatic carbocycles. The Bertz CT molecular complexity index is 679. The molecule has 2 aromatic rings. The van der Waals surface area contributed by atoms with Gasteiger partial charge in [-0.25, -0.2) is 9.97 Å². The van der Waals surface area contributed by atoms with Crippen LogP contribution in [0.3, 0.4) is 0 Å². The molecule has 2 heterocycles. The van der Waals surface area contributed by atoms with Crippen molar-refractivity contribution in [1.82, 2.24) is 9.97 Å². The van der Waals surface area contributed by atoms with Crippen LogP contribution in [0.15, 0.2) is 24.3 Å². The monoisotopic (exact) mass is 330 g/mol. The average molecular weight is 331 g/mol. The van der Waals surface area contributed by atoms with Crippen LogP contribution in [-0.4, -0.2) is 23.1 Å². The number of hydrogen-bond donors (Lipinski definition) is 1. The van der Waals surface area contributed by atoms with Crippen LogP contribution in [0.2, 0.25) is 5.02 Å². The smallest absolute Gasteiger partial charge is 0.136 e. The normalized spacial score (nSPS) is 15.3. The first-order chi connectivity index (χ1) is 11.1. The molecule has 3 rings (SSSR count). The van der Waals surface area contributed by atoms with Gasteiger partial charge in [0.05, 0.1) is 0 Å². The van der Waals surface area contributed by atoms with Crippen molar-refractivity contribution in [2.75, 3.05) is 23.3 Å². The molecule has 0 radical (unpaired) electrons. The molecule has 0 bridgehead atoms. The summed E-state index contributed by atoms with van der Waals surface area (Å²) in [4.78, 5) is 11.5. The van der Waals surface area contributed by atoms with E-state index in [9.17, 15) is 0 Å². The highest BCUT2D eigenvalue weighted by molar-refractivity contribution is 6.30. The van der Waals surface area contributed by atoms with Crippen molar-refractivity contribution in [3.63, 3.8) is 0 Å². The quantitative estimate of drug-likeness (QED) is 0.871. The predicted molar refractivity (Wildman–Crippen MR) is 96.9 cm³/mol. The fraction of sp³-hybridized carbons (Fsp3) is 0.444. The van der Waals surface area contributed by atoms with Crippen molar-refractivity contribution < 1.29 is 0 Å². The van der Waals surface area contributed by atoms with Crippen LogP contribution in [0.1, 0.15) is 37.1 Å². The number of aromatic nitrogens is 2. The molecule has 5 heteroatoms. The van der Waals surface area contributed by atoms with Crippen LogP contribution < -0.4 is 10.2 Å². The summed E-state index contributed by atoms with van der Waals surface area (Å²) in [6, 6.07) is 7.88. The second-order valence-electron chi connectivity index (χ2n) is 6.14. The molecule has 122 valence electrons. The Labute approximate surface area is 142 Å². The third kappa shape index (κ3) is 4.14. The summed E-state index contributed by atoms with van der Waals surface area (Å²) >= 11 is 6.03. The standard InChI is InChI=1S/C18H23ClN4/c1-13-11-15(19)7-8-16(13)22-17-12-18(21-14(2)20-17)23-9-5-3-4-6-10-23/h7-8,11-12H,3-6,9-10H2,1-2H3,(H,20,21,22). The minimum absolute atomic E-state index is 0.747. The highest BCUT2D eigenvalue weighted by atomic mass is 35.5. The maximum atomic E-state index is 6.03. The van der Waals surface area contributed by atoms with Crippen molar-refractivity contribution in [2.24, 2.45) is 0 Å². The third-order valence-electron chi connectivity index (χ3n) is 4.21. The lowest BCUT2D eigenvalue weighted by Crippen LogP contribution is -2.25. The Morgan fingerprint density at radius 2 is 1.74 bits per heavy atom. The summed E-state index contributed by atoms with van der Waals surface area (Å²) < 4.78 is 0. The molecular weight excluding hydrogens is 308 g/mol. The molecule has 0 amide bonds. The van der Waals surface area contributed by atoms with Crippen molar-refractivity contribution in [1.29, 1.82) is 0 Å². The first-order valence-electron chi connectivity index (χ1n) is 8.25. The molecule has 1 aliphatic heterocycles. The van der Waals surface area contributed by atoms with E-state index in [1.54, 1.807) is 0 Å². The number of anilines is 3. The van der Waals surface area contributed by atoms with Gasteiger partial charge in [0.1, 0.15) is 17.5 Å². The molecule has 23 heavy (non-hydrogen) atoms. The van der Waals surface area contributed by atoms with E-state index in [4.69, 9.17) is 11.6 Å². The second-order valence-corrected chi connectivity index (χ2v) is 6.58. The fourth-order valence-corrected chi connectivity index (χ4v) is 3.21. The van der Waals surface area contributed by atoms with Crippen LogP contribution in [0.25, 0.3) is 0 Å². The van der Waals surface area contributed by atoms with Crippen molar-refractivity contribution in [2.45, 2.75) is 39.5 Å². The van der Waals surface area contributed by atoms with E-state index in [0.717, 1.165) is 46.8 Å². The van der Waals surface area contributed by atoms with Crippen LogP contribution in [0.4, 0.5) is 17.3 Å². The number of nitrogens with zero attached hydrogens (tertiary/aromatic N) is 3. The Kier molecular flexibility index (Phi) is 5.01. The molecular formula is C18H23ClN4. The summed E-state index contributed by atoms with van der Waals surface area (Å²) in [6.45, 7) is 6.14. The molecule has 1 saturated heterocycles. The van der Waals surface area contributed by atoms with Gasteiger partial charge in [0.25, 0.3) is 0 Å². The molecule has 1 fully saturated rings. The summed E-state index contributed by atoms with van der Waals surface area (Å²) in [5, 5.41) is 4.15. The first-order valence-corrected chi connectivity index (χ1v) is 8.63. The van der Waals surface area contributed by atoms with Gasteiger partial charge in [-0.1, -0.05) is 24.4 Å². The zero-order chi connectivity index (χ0) is 16.2. The van der Waals surface area contributed by atoms with Crippen molar-refractivity contribution >= 4 is 28.9 Å². The van der Waals surface area contributed by atoms with Gasteiger partial charge in [0.15, 0.2) is 0 Å². The highest BCUT2D eigenvalue weighted by Crippen LogP contribution is 2.25. The summed E-state index contributed by atoms with van der Waals surface area (Å²) in [6.07, 6.45) is 5.11. The van der Waals surface area contributed by atoms with Gasteiger partial charge in [-0.3, -0.25) is 0 Å². The maximum Gasteiger partial charge on any atom is 0.136 e. The SMILES string of the molecule is Cc1nc(Nc2ccc(Cl)cc2C)cc(N2CCCCCC2)n1. The van der Waals surface area contributed by atoms with Gasteiger partial charge < -0.3 is 10.2 Å². The molecule has 0 aliphatic carbocycles. The van der Waals surface area contributed by atoms with E-state index in [0.29, 0.717) is 0 Å². The Hall–Kier alpha value is -1.81. The van der Waals surface area contributed by atoms with Gasteiger partial charge in [-0.05, 0) is 50.5 Å². The first kappa shape index (κ1) is 16.1. The number of nitrogens with one attached hydrogen (secondary N) is 1. The van der Waals surface area contributed by atoms with Gasteiger partial charge in [-0.2, -0.15) is 0 Å². The maximum absolute atomic E-state index is 6.03. The lowest BCUT2D eigenvalue weighted by molar-refractivity contribution is 0.726. The lowest BCUT2D eigenvalue weighted by Gasteiger charge is -2.22. The Morgan fingerprint density at radius 1 is 1.00 bits per heavy atom. The van der Waals surface area contributed by atoms with E-state index in [1.807, 2.05) is 38.1 Å². The van der Waals surface area contributed by atoms with Crippen LogP contribution in [0, 0.1) is 13.8 Å². The van der Waals surface area contributed by atoms with E-state index in [2.05, 4.69) is 20.2 Å². The lowest BCUT2D eigenvalue weighted by atomic mass is 10.2. The van der Waals surface area contributed by atoms with E-state index in [-0.39, 0.29) is 0 Å². The number of hydrogen-bond acceptors (Lipinski definition) is 4. The largest absolute Gasteiger partial charge is 0.356 e. The molecule has 0 spiro atoms. The van der Waals surface area contributed by atoms with Gasteiger partial charge >= 0.3 is 0 Å².